The molecule has 1 N–H and O–H groups in total. The summed E-state index contributed by atoms with van der Waals surface area (Å²) >= 11 is 0. The van der Waals surface area contributed by atoms with Gasteiger partial charge in [0, 0.05) is 19.8 Å². The lowest BCUT2D eigenvalue weighted by molar-refractivity contribution is -0.137. The Kier molecular flexibility index (Phi) is 7.94. The quantitative estimate of drug-likeness (QED) is 0.283. The van der Waals surface area contributed by atoms with E-state index >= 15 is 0 Å². The van der Waals surface area contributed by atoms with Gasteiger partial charge in [0.25, 0.3) is 0 Å². The highest BCUT2D eigenvalue weighted by atomic mass is 32.2. The third-order valence-electron chi connectivity index (χ3n) is 6.66. The van der Waals surface area contributed by atoms with Gasteiger partial charge < -0.3 is 4.74 Å². The van der Waals surface area contributed by atoms with E-state index in [2.05, 4.69) is 9.82 Å². The van der Waals surface area contributed by atoms with E-state index in [1.165, 1.54) is 35.3 Å². The topological polar surface area (TPSA) is 73.2 Å². The molecule has 0 saturated heterocycles. The van der Waals surface area contributed by atoms with E-state index < -0.39 is 27.6 Å². The van der Waals surface area contributed by atoms with Gasteiger partial charge in [-0.25, -0.2) is 17.5 Å². The predicted octanol–water partition coefficient (Wildman–Crippen LogP) is 5.23. The van der Waals surface area contributed by atoms with Crippen molar-refractivity contribution in [3.8, 4) is 5.75 Å². The molecule has 37 heavy (non-hydrogen) atoms. The third-order valence-corrected chi connectivity index (χ3v) is 8.07. The number of ether oxygens (including phenoxy) is 1. The molecule has 0 spiro atoms. The Balaban J connectivity index is 1.49. The summed E-state index contributed by atoms with van der Waals surface area (Å²) in [5.74, 6) is -0.463. The van der Waals surface area contributed by atoms with Gasteiger partial charge in [-0.3, -0.25) is 4.68 Å². The normalized spacial score (nSPS) is 17.7. The molecule has 0 bridgehead atoms. The number of nitrogens with one attached hydrogen (secondary N) is 1. The van der Waals surface area contributed by atoms with Gasteiger partial charge in [0.2, 0.25) is 10.0 Å². The Morgan fingerprint density at radius 3 is 2.68 bits per heavy atom. The number of halogens is 4. The van der Waals surface area contributed by atoms with Crippen molar-refractivity contribution >= 4 is 10.0 Å². The Morgan fingerprint density at radius 1 is 1.22 bits per heavy atom. The van der Waals surface area contributed by atoms with Crippen LogP contribution in [-0.4, -0.2) is 31.3 Å². The molecule has 6 nitrogen and oxygen atoms in total. The molecule has 1 aromatic heterocycles. The fourth-order valence-corrected chi connectivity index (χ4v) is 5.95. The second-order valence-corrected chi connectivity index (χ2v) is 11.1. The van der Waals surface area contributed by atoms with Gasteiger partial charge in [-0.2, -0.15) is 18.3 Å². The minimum absolute atomic E-state index is 0.00878. The monoisotopic (exact) mass is 539 g/mol. The van der Waals surface area contributed by atoms with E-state index in [1.807, 2.05) is 6.92 Å². The molecular weight excluding hydrogens is 510 g/mol. The fraction of sp³-hybridized carbons (Fsp3) is 0.423. The number of benzene rings is 2. The smallest absolute Gasteiger partial charge is 0.416 e. The zero-order valence-corrected chi connectivity index (χ0v) is 21.4. The van der Waals surface area contributed by atoms with Crippen LogP contribution in [0.5, 0.6) is 5.75 Å². The number of aromatic nitrogens is 2. The van der Waals surface area contributed by atoms with Crippen LogP contribution < -0.4 is 9.46 Å². The first-order valence-corrected chi connectivity index (χ1v) is 13.6. The van der Waals surface area contributed by atoms with E-state index in [4.69, 9.17) is 4.74 Å². The van der Waals surface area contributed by atoms with Crippen LogP contribution in [0, 0.1) is 11.7 Å². The summed E-state index contributed by atoms with van der Waals surface area (Å²) in [4.78, 5) is 0.0121. The molecule has 3 aromatic rings. The molecule has 1 aliphatic rings. The van der Waals surface area contributed by atoms with Crippen LogP contribution in [0.15, 0.2) is 53.7 Å². The van der Waals surface area contributed by atoms with Crippen molar-refractivity contribution in [1.29, 1.82) is 0 Å². The number of nitrogens with zero attached hydrogens (tertiary/aromatic N) is 2. The van der Waals surface area contributed by atoms with Gasteiger partial charge in [-0.1, -0.05) is 31.5 Å². The predicted molar refractivity (Wildman–Crippen MR) is 130 cm³/mol. The highest BCUT2D eigenvalue weighted by Gasteiger charge is 2.35. The van der Waals surface area contributed by atoms with E-state index in [0.29, 0.717) is 18.4 Å². The Hall–Kier alpha value is -2.92. The molecule has 1 heterocycles. The molecule has 11 heteroatoms. The molecule has 0 fully saturated rings. The van der Waals surface area contributed by atoms with Crippen LogP contribution in [0.25, 0.3) is 0 Å². The molecule has 0 radical (unpaired) electrons. The highest BCUT2D eigenvalue weighted by molar-refractivity contribution is 7.89. The Labute approximate surface area is 213 Å². The Morgan fingerprint density at radius 2 is 2.00 bits per heavy atom. The van der Waals surface area contributed by atoms with E-state index in [9.17, 15) is 26.0 Å². The van der Waals surface area contributed by atoms with Gasteiger partial charge in [-0.05, 0) is 66.0 Å². The van der Waals surface area contributed by atoms with Crippen molar-refractivity contribution in [3.05, 3.63) is 76.9 Å². The average Bonchev–Trinajstić information content (AvgIpc) is 3.41. The van der Waals surface area contributed by atoms with Crippen molar-refractivity contribution in [2.24, 2.45) is 13.0 Å². The first kappa shape index (κ1) is 27.1. The van der Waals surface area contributed by atoms with E-state index in [0.717, 1.165) is 30.0 Å². The van der Waals surface area contributed by atoms with Crippen LogP contribution in [-0.2, 0) is 36.1 Å². The largest absolute Gasteiger partial charge is 0.489 e. The van der Waals surface area contributed by atoms with Crippen LogP contribution in [0.3, 0.4) is 0 Å². The second-order valence-electron chi connectivity index (χ2n) is 9.34. The number of alkyl halides is 3. The molecular formula is C26H29F4N3O3S. The lowest BCUT2D eigenvalue weighted by Gasteiger charge is -2.21. The van der Waals surface area contributed by atoms with Crippen LogP contribution >= 0.6 is 0 Å². The van der Waals surface area contributed by atoms with Gasteiger partial charge >= 0.3 is 6.18 Å². The summed E-state index contributed by atoms with van der Waals surface area (Å²) in [5.41, 5.74) is 1.58. The molecule has 200 valence electrons. The zero-order chi connectivity index (χ0) is 26.8. The van der Waals surface area contributed by atoms with Gasteiger partial charge in [0.05, 0.1) is 11.8 Å². The first-order chi connectivity index (χ1) is 17.5. The average molecular weight is 540 g/mol. The van der Waals surface area contributed by atoms with Gasteiger partial charge in [-0.15, -0.1) is 0 Å². The molecule has 2 unspecified atom stereocenters. The summed E-state index contributed by atoms with van der Waals surface area (Å²) in [6.07, 6.45) is 0.982. The highest BCUT2D eigenvalue weighted by Crippen LogP contribution is 2.45. The zero-order valence-electron chi connectivity index (χ0n) is 20.6. The summed E-state index contributed by atoms with van der Waals surface area (Å²) in [5, 5.41) is 3.84. The first-order valence-electron chi connectivity index (χ1n) is 12.1. The number of hydrogen-bond donors (Lipinski definition) is 1. The van der Waals surface area contributed by atoms with Crippen molar-refractivity contribution in [3.63, 3.8) is 0 Å². The van der Waals surface area contributed by atoms with Crippen LogP contribution in [0.1, 0.15) is 47.9 Å². The lowest BCUT2D eigenvalue weighted by atomic mass is 9.84. The molecule has 0 amide bonds. The molecule has 1 aliphatic carbocycles. The van der Waals surface area contributed by atoms with E-state index in [-0.39, 0.29) is 35.6 Å². The summed E-state index contributed by atoms with van der Waals surface area (Å²) in [6, 6.07) is 8.38. The minimum atomic E-state index is -4.42. The number of aryl methyl sites for hydroxylation is 1. The van der Waals surface area contributed by atoms with Crippen molar-refractivity contribution in [2.75, 3.05) is 13.2 Å². The lowest BCUT2D eigenvalue weighted by Crippen LogP contribution is -2.28. The maximum atomic E-state index is 14.8. The summed E-state index contributed by atoms with van der Waals surface area (Å²) in [6.45, 7) is 1.86. The standard InChI is InChI=1S/C26H29F4N3O3S/c1-3-5-18-12-19-13-24(27)25(36-9-8-32-37(34,35)21-15-31-33(2)16-21)14-23(19)22(18)11-17-6-4-7-20(10-17)26(28,29)30/h4,6-7,10,13-16,18,22,32H,3,5,8-9,11-12H2,1-2H3. The van der Waals surface area contributed by atoms with Gasteiger partial charge in [0.15, 0.2) is 11.6 Å². The third kappa shape index (κ3) is 6.32. The van der Waals surface area contributed by atoms with Crippen molar-refractivity contribution in [2.45, 2.75) is 49.6 Å². The van der Waals surface area contributed by atoms with Crippen molar-refractivity contribution < 1.29 is 30.7 Å². The minimum Gasteiger partial charge on any atom is -0.489 e. The van der Waals surface area contributed by atoms with Gasteiger partial charge in [0.1, 0.15) is 11.5 Å². The number of rotatable bonds is 10. The number of hydrogen-bond acceptors (Lipinski definition) is 4. The summed E-state index contributed by atoms with van der Waals surface area (Å²) < 4.78 is 88.5. The molecule has 2 aromatic carbocycles. The number of sulfonamides is 1. The van der Waals surface area contributed by atoms with Crippen molar-refractivity contribution in [1.82, 2.24) is 14.5 Å². The molecule has 0 saturated carbocycles. The Bertz CT molecular complexity index is 1360. The summed E-state index contributed by atoms with van der Waals surface area (Å²) in [7, 11) is -2.17. The fourth-order valence-electron chi connectivity index (χ4n) is 4.96. The second kappa shape index (κ2) is 10.8. The molecule has 4 rings (SSSR count). The molecule has 0 aliphatic heterocycles. The molecule has 2 atom stereocenters. The maximum absolute atomic E-state index is 14.8. The maximum Gasteiger partial charge on any atom is 0.416 e. The van der Waals surface area contributed by atoms with E-state index in [1.54, 1.807) is 19.2 Å². The SMILES string of the molecule is CCCC1Cc2cc(F)c(OCCNS(=O)(=O)c3cnn(C)c3)cc2C1Cc1cccc(C(F)(F)F)c1. The van der Waals surface area contributed by atoms with Crippen LogP contribution in [0.4, 0.5) is 17.6 Å². The van der Waals surface area contributed by atoms with Crippen LogP contribution in [0.2, 0.25) is 0 Å². The number of fused-ring (bicyclic) bond motifs is 1.